The minimum Gasteiger partial charge on any atom is -0.406 e. The maximum absolute atomic E-state index is 12.4. The standard InChI is InChI=1S/C23H20F3N3O3/c1-13-5-4-6-14(2)20(13)21(30)29-22(31)28-19-12-11-18(15(3)27-19)16-7-9-17(10-8-16)32-23(24,25)26/h4-12H,1-3H3,(H2,27,28,29,30,31). The summed E-state index contributed by atoms with van der Waals surface area (Å²) in [5.74, 6) is -0.627. The first kappa shape index (κ1) is 22.8. The smallest absolute Gasteiger partial charge is 0.406 e. The molecule has 0 fully saturated rings. The van der Waals surface area contributed by atoms with Crippen LogP contribution in [-0.4, -0.2) is 23.3 Å². The summed E-state index contributed by atoms with van der Waals surface area (Å²) in [6.07, 6.45) is -4.76. The molecule has 0 radical (unpaired) electrons. The maximum Gasteiger partial charge on any atom is 0.573 e. The number of imide groups is 1. The van der Waals surface area contributed by atoms with Crippen molar-refractivity contribution in [1.82, 2.24) is 10.3 Å². The topological polar surface area (TPSA) is 80.3 Å². The van der Waals surface area contributed by atoms with Gasteiger partial charge >= 0.3 is 12.4 Å². The van der Waals surface area contributed by atoms with Crippen LogP contribution in [0.5, 0.6) is 5.75 Å². The Morgan fingerprint density at radius 1 is 0.906 bits per heavy atom. The number of nitrogens with zero attached hydrogens (tertiary/aromatic N) is 1. The first-order valence-electron chi connectivity index (χ1n) is 9.56. The van der Waals surface area contributed by atoms with E-state index in [9.17, 15) is 22.8 Å². The van der Waals surface area contributed by atoms with Crippen molar-refractivity contribution in [2.45, 2.75) is 27.1 Å². The van der Waals surface area contributed by atoms with Crippen LogP contribution in [0.1, 0.15) is 27.2 Å². The summed E-state index contributed by atoms with van der Waals surface area (Å²) in [4.78, 5) is 29.0. The van der Waals surface area contributed by atoms with E-state index in [2.05, 4.69) is 20.4 Å². The molecule has 1 heterocycles. The summed E-state index contributed by atoms with van der Waals surface area (Å²) < 4.78 is 40.8. The molecule has 3 amide bonds. The number of urea groups is 1. The van der Waals surface area contributed by atoms with E-state index in [1.807, 2.05) is 6.07 Å². The first-order chi connectivity index (χ1) is 15.0. The Bertz CT molecular complexity index is 1140. The molecule has 6 nitrogen and oxygen atoms in total. The molecule has 3 aromatic rings. The number of rotatable bonds is 4. The van der Waals surface area contributed by atoms with Crippen molar-refractivity contribution in [3.63, 3.8) is 0 Å². The molecular weight excluding hydrogens is 423 g/mol. The molecule has 166 valence electrons. The van der Waals surface area contributed by atoms with E-state index in [0.717, 1.165) is 11.1 Å². The van der Waals surface area contributed by atoms with E-state index in [1.54, 1.807) is 39.0 Å². The van der Waals surface area contributed by atoms with Gasteiger partial charge in [-0.05, 0) is 61.7 Å². The fourth-order valence-electron chi connectivity index (χ4n) is 3.26. The fraction of sp³-hybridized carbons (Fsp3) is 0.174. The molecule has 0 saturated heterocycles. The lowest BCUT2D eigenvalue weighted by Gasteiger charge is -2.12. The third kappa shape index (κ3) is 5.63. The van der Waals surface area contributed by atoms with E-state index in [-0.39, 0.29) is 11.6 Å². The number of hydrogen-bond acceptors (Lipinski definition) is 4. The van der Waals surface area contributed by atoms with Crippen molar-refractivity contribution in [3.8, 4) is 16.9 Å². The summed E-state index contributed by atoms with van der Waals surface area (Å²) in [7, 11) is 0. The van der Waals surface area contributed by atoms with Crippen LogP contribution >= 0.6 is 0 Å². The van der Waals surface area contributed by atoms with E-state index < -0.39 is 18.3 Å². The number of nitrogens with one attached hydrogen (secondary N) is 2. The highest BCUT2D eigenvalue weighted by Gasteiger charge is 2.31. The summed E-state index contributed by atoms with van der Waals surface area (Å²) in [5, 5.41) is 4.79. The third-order valence-electron chi connectivity index (χ3n) is 4.66. The summed E-state index contributed by atoms with van der Waals surface area (Å²) >= 11 is 0. The fourth-order valence-corrected chi connectivity index (χ4v) is 3.26. The SMILES string of the molecule is Cc1cccc(C)c1C(=O)NC(=O)Nc1ccc(-c2ccc(OC(F)(F)F)cc2)c(C)n1. The average Bonchev–Trinajstić information content (AvgIpc) is 2.67. The number of carbonyl (C=O) groups excluding carboxylic acids is 2. The Hall–Kier alpha value is -3.88. The molecule has 0 atom stereocenters. The number of carbonyl (C=O) groups is 2. The largest absolute Gasteiger partial charge is 0.573 e. The van der Waals surface area contributed by atoms with Gasteiger partial charge in [-0.3, -0.25) is 15.4 Å². The van der Waals surface area contributed by atoms with Gasteiger partial charge < -0.3 is 4.74 Å². The number of halogens is 3. The molecule has 32 heavy (non-hydrogen) atoms. The number of aromatic nitrogens is 1. The maximum atomic E-state index is 12.4. The van der Waals surface area contributed by atoms with Gasteiger partial charge in [-0.1, -0.05) is 30.3 Å². The zero-order chi connectivity index (χ0) is 23.5. The summed E-state index contributed by atoms with van der Waals surface area (Å²) in [6.45, 7) is 5.26. The number of benzene rings is 2. The molecule has 0 unspecified atom stereocenters. The monoisotopic (exact) mass is 443 g/mol. The molecule has 3 rings (SSSR count). The van der Waals surface area contributed by atoms with Crippen LogP contribution in [0.3, 0.4) is 0 Å². The number of aryl methyl sites for hydroxylation is 3. The van der Waals surface area contributed by atoms with Gasteiger partial charge in [0.15, 0.2) is 0 Å². The van der Waals surface area contributed by atoms with E-state index in [0.29, 0.717) is 22.4 Å². The third-order valence-corrected chi connectivity index (χ3v) is 4.66. The van der Waals surface area contributed by atoms with Gasteiger partial charge in [-0.25, -0.2) is 9.78 Å². The number of alkyl halides is 3. The lowest BCUT2D eigenvalue weighted by atomic mass is 10.0. The van der Waals surface area contributed by atoms with Crippen molar-refractivity contribution in [1.29, 1.82) is 0 Å². The average molecular weight is 443 g/mol. The van der Waals surface area contributed by atoms with Crippen molar-refractivity contribution >= 4 is 17.8 Å². The zero-order valence-corrected chi connectivity index (χ0v) is 17.5. The normalized spacial score (nSPS) is 11.1. The summed E-state index contributed by atoms with van der Waals surface area (Å²) in [6, 6.07) is 13.2. The van der Waals surface area contributed by atoms with Crippen molar-refractivity contribution in [3.05, 3.63) is 77.0 Å². The van der Waals surface area contributed by atoms with Gasteiger partial charge in [0.05, 0.1) is 0 Å². The highest BCUT2D eigenvalue weighted by molar-refractivity contribution is 6.09. The minimum absolute atomic E-state index is 0.218. The lowest BCUT2D eigenvalue weighted by Crippen LogP contribution is -2.35. The van der Waals surface area contributed by atoms with Crippen molar-refractivity contribution in [2.24, 2.45) is 0 Å². The zero-order valence-electron chi connectivity index (χ0n) is 17.5. The molecule has 1 aromatic heterocycles. The van der Waals surface area contributed by atoms with E-state index >= 15 is 0 Å². The second kappa shape index (κ2) is 9.09. The first-order valence-corrected chi connectivity index (χ1v) is 9.56. The molecule has 0 aliphatic carbocycles. The van der Waals surface area contributed by atoms with Gasteiger partial charge in [-0.15, -0.1) is 13.2 Å². The molecule has 9 heteroatoms. The minimum atomic E-state index is -4.76. The van der Waals surface area contributed by atoms with Gasteiger partial charge in [0, 0.05) is 16.8 Å². The van der Waals surface area contributed by atoms with Gasteiger partial charge in [-0.2, -0.15) is 0 Å². The Morgan fingerprint density at radius 3 is 2.09 bits per heavy atom. The second-order valence-corrected chi connectivity index (χ2v) is 7.08. The Morgan fingerprint density at radius 2 is 1.53 bits per heavy atom. The number of anilines is 1. The highest BCUT2D eigenvalue weighted by Crippen LogP contribution is 2.28. The Labute approximate surface area is 182 Å². The van der Waals surface area contributed by atoms with Gasteiger partial charge in [0.1, 0.15) is 11.6 Å². The van der Waals surface area contributed by atoms with Gasteiger partial charge in [0.2, 0.25) is 0 Å². The molecule has 0 saturated carbocycles. The number of pyridine rings is 1. The molecule has 2 N–H and O–H groups in total. The van der Waals surface area contributed by atoms with Crippen molar-refractivity contribution < 1.29 is 27.5 Å². The van der Waals surface area contributed by atoms with E-state index in [4.69, 9.17) is 0 Å². The van der Waals surface area contributed by atoms with Gasteiger partial charge in [0.25, 0.3) is 5.91 Å². The second-order valence-electron chi connectivity index (χ2n) is 7.08. The van der Waals surface area contributed by atoms with Crippen LogP contribution in [0, 0.1) is 20.8 Å². The van der Waals surface area contributed by atoms with Crippen molar-refractivity contribution in [2.75, 3.05) is 5.32 Å². The number of ether oxygens (including phenoxy) is 1. The van der Waals surface area contributed by atoms with E-state index in [1.165, 1.54) is 30.3 Å². The number of amides is 3. The Kier molecular flexibility index (Phi) is 6.47. The van der Waals surface area contributed by atoms with Crippen LogP contribution in [0.4, 0.5) is 23.8 Å². The highest BCUT2D eigenvalue weighted by atomic mass is 19.4. The molecule has 0 aliphatic heterocycles. The quantitative estimate of drug-likeness (QED) is 0.555. The number of hydrogen-bond donors (Lipinski definition) is 2. The predicted molar refractivity (Wildman–Crippen MR) is 113 cm³/mol. The van der Waals surface area contributed by atoms with Crippen LogP contribution in [0.15, 0.2) is 54.6 Å². The van der Waals surface area contributed by atoms with Crippen LogP contribution in [0.25, 0.3) is 11.1 Å². The molecule has 0 aliphatic rings. The summed E-state index contributed by atoms with van der Waals surface area (Å²) in [5.41, 5.74) is 3.76. The molecule has 0 bridgehead atoms. The van der Waals surface area contributed by atoms with Crippen LogP contribution in [-0.2, 0) is 0 Å². The Balaban J connectivity index is 1.69. The molecule has 0 spiro atoms. The molecule has 2 aromatic carbocycles. The lowest BCUT2D eigenvalue weighted by molar-refractivity contribution is -0.274. The molecular formula is C23H20F3N3O3. The van der Waals surface area contributed by atoms with Crippen LogP contribution < -0.4 is 15.4 Å². The predicted octanol–water partition coefficient (Wildman–Crippen LogP) is 5.53. The van der Waals surface area contributed by atoms with Crippen LogP contribution in [0.2, 0.25) is 0 Å².